The molecule has 0 spiro atoms. The molecule has 0 fully saturated rings. The van der Waals surface area contributed by atoms with Crippen LogP contribution in [0.5, 0.6) is 0 Å². The fourth-order valence-corrected chi connectivity index (χ4v) is 1.90. The van der Waals surface area contributed by atoms with Crippen molar-refractivity contribution in [3.05, 3.63) is 11.6 Å². The number of fused-ring (bicyclic) bond motifs is 1. The van der Waals surface area contributed by atoms with Crippen LogP contribution in [0, 0.1) is 0 Å². The summed E-state index contributed by atoms with van der Waals surface area (Å²) < 4.78 is 1.91. The highest BCUT2D eigenvalue weighted by Crippen LogP contribution is 2.28. The number of aryl methyl sites for hydroxylation is 1. The Balaban J connectivity index is 2.25. The van der Waals surface area contributed by atoms with Gasteiger partial charge in [0.2, 0.25) is 0 Å². The molecule has 4 nitrogen and oxygen atoms in total. The molecule has 5 heteroatoms. The molecule has 2 N–H and O–H groups in total. The Morgan fingerprint density at radius 2 is 2.46 bits per heavy atom. The van der Waals surface area contributed by atoms with Crippen LogP contribution in [0.4, 0.5) is 0 Å². The van der Waals surface area contributed by atoms with Gasteiger partial charge in [-0.3, -0.25) is 0 Å². The van der Waals surface area contributed by atoms with E-state index >= 15 is 0 Å². The number of alkyl halides is 1. The maximum absolute atomic E-state index is 6.11. The van der Waals surface area contributed by atoms with Crippen LogP contribution in [-0.4, -0.2) is 21.3 Å². The topological polar surface area (TPSA) is 56.7 Å². The van der Waals surface area contributed by atoms with E-state index in [1.807, 2.05) is 4.68 Å². The first kappa shape index (κ1) is 8.97. The van der Waals surface area contributed by atoms with Crippen LogP contribution >= 0.6 is 11.6 Å². The zero-order valence-electron chi connectivity index (χ0n) is 7.41. The first-order valence-electron chi connectivity index (χ1n) is 4.59. The second-order valence-electron chi connectivity index (χ2n) is 3.26. The molecule has 1 unspecified atom stereocenters. The quantitative estimate of drug-likeness (QED) is 0.721. The summed E-state index contributed by atoms with van der Waals surface area (Å²) >= 11 is 6.11. The summed E-state index contributed by atoms with van der Waals surface area (Å²) in [6, 6.07) is 0. The lowest BCUT2D eigenvalue weighted by atomic mass is 10.2. The third-order valence-electron chi connectivity index (χ3n) is 2.22. The van der Waals surface area contributed by atoms with Crippen LogP contribution in [0.25, 0.3) is 0 Å². The summed E-state index contributed by atoms with van der Waals surface area (Å²) in [6.07, 6.45) is 2.83. The number of hydrogen-bond donors (Lipinski definition) is 1. The molecule has 2 heterocycles. The molecular weight excluding hydrogens is 188 g/mol. The molecule has 1 aliphatic heterocycles. The Hall–Kier alpha value is -0.610. The Labute approximate surface area is 82.1 Å². The van der Waals surface area contributed by atoms with Crippen molar-refractivity contribution in [2.24, 2.45) is 5.73 Å². The maximum atomic E-state index is 6.11. The SMILES string of the molecule is NCCc1nc2n(n1)CCCC2Cl. The lowest BCUT2D eigenvalue weighted by Crippen LogP contribution is -2.13. The van der Waals surface area contributed by atoms with Crippen molar-refractivity contribution in [1.82, 2.24) is 14.8 Å². The molecule has 0 radical (unpaired) electrons. The smallest absolute Gasteiger partial charge is 0.152 e. The van der Waals surface area contributed by atoms with Gasteiger partial charge in [-0.05, 0) is 19.4 Å². The van der Waals surface area contributed by atoms with Crippen molar-refractivity contribution >= 4 is 11.6 Å². The van der Waals surface area contributed by atoms with Gasteiger partial charge in [0.1, 0.15) is 5.82 Å². The summed E-state index contributed by atoms with van der Waals surface area (Å²) in [6.45, 7) is 1.53. The van der Waals surface area contributed by atoms with Gasteiger partial charge in [0.15, 0.2) is 5.82 Å². The molecular formula is C8H13ClN4. The summed E-state index contributed by atoms with van der Waals surface area (Å²) in [5.41, 5.74) is 5.43. The number of rotatable bonds is 2. The van der Waals surface area contributed by atoms with Crippen molar-refractivity contribution in [1.29, 1.82) is 0 Å². The molecule has 72 valence electrons. The van der Waals surface area contributed by atoms with E-state index in [0.29, 0.717) is 6.54 Å². The summed E-state index contributed by atoms with van der Waals surface area (Å²) in [7, 11) is 0. The summed E-state index contributed by atoms with van der Waals surface area (Å²) in [4.78, 5) is 4.36. The predicted molar refractivity (Wildman–Crippen MR) is 50.6 cm³/mol. The summed E-state index contributed by atoms with van der Waals surface area (Å²) in [5, 5.41) is 4.37. The zero-order chi connectivity index (χ0) is 9.26. The molecule has 2 rings (SSSR count). The van der Waals surface area contributed by atoms with E-state index in [2.05, 4.69) is 10.1 Å². The molecule has 0 saturated heterocycles. The largest absolute Gasteiger partial charge is 0.330 e. The van der Waals surface area contributed by atoms with E-state index in [0.717, 1.165) is 37.5 Å². The van der Waals surface area contributed by atoms with Gasteiger partial charge < -0.3 is 5.73 Å². The number of aromatic nitrogens is 3. The number of nitrogens with two attached hydrogens (primary N) is 1. The van der Waals surface area contributed by atoms with Gasteiger partial charge in [-0.15, -0.1) is 11.6 Å². The van der Waals surface area contributed by atoms with E-state index in [9.17, 15) is 0 Å². The van der Waals surface area contributed by atoms with Gasteiger partial charge in [0, 0.05) is 13.0 Å². The highest BCUT2D eigenvalue weighted by Gasteiger charge is 2.21. The van der Waals surface area contributed by atoms with E-state index in [1.54, 1.807) is 0 Å². The van der Waals surface area contributed by atoms with Gasteiger partial charge in [-0.1, -0.05) is 0 Å². The fourth-order valence-electron chi connectivity index (χ4n) is 1.58. The van der Waals surface area contributed by atoms with Crippen molar-refractivity contribution in [2.75, 3.05) is 6.54 Å². The van der Waals surface area contributed by atoms with Crippen molar-refractivity contribution in [3.8, 4) is 0 Å². The first-order valence-corrected chi connectivity index (χ1v) is 5.02. The van der Waals surface area contributed by atoms with E-state index in [-0.39, 0.29) is 5.38 Å². The van der Waals surface area contributed by atoms with Gasteiger partial charge in [0.05, 0.1) is 5.38 Å². The Morgan fingerprint density at radius 1 is 1.62 bits per heavy atom. The van der Waals surface area contributed by atoms with Crippen LogP contribution in [-0.2, 0) is 13.0 Å². The molecule has 1 aromatic rings. The summed E-state index contributed by atoms with van der Waals surface area (Å²) in [5.74, 6) is 1.74. The minimum Gasteiger partial charge on any atom is -0.330 e. The lowest BCUT2D eigenvalue weighted by molar-refractivity contribution is 0.469. The number of hydrogen-bond acceptors (Lipinski definition) is 3. The van der Waals surface area contributed by atoms with Gasteiger partial charge in [-0.2, -0.15) is 5.10 Å². The van der Waals surface area contributed by atoms with Crippen molar-refractivity contribution in [3.63, 3.8) is 0 Å². The fraction of sp³-hybridized carbons (Fsp3) is 0.750. The molecule has 1 aliphatic rings. The molecule has 0 amide bonds. The van der Waals surface area contributed by atoms with Crippen molar-refractivity contribution in [2.45, 2.75) is 31.2 Å². The van der Waals surface area contributed by atoms with Gasteiger partial charge in [0.25, 0.3) is 0 Å². The van der Waals surface area contributed by atoms with Crippen LogP contribution in [0.15, 0.2) is 0 Å². The first-order chi connectivity index (χ1) is 6.31. The second-order valence-corrected chi connectivity index (χ2v) is 3.78. The monoisotopic (exact) mass is 200 g/mol. The minimum absolute atomic E-state index is 0.0350. The molecule has 0 aliphatic carbocycles. The molecule has 13 heavy (non-hydrogen) atoms. The normalized spacial score (nSPS) is 21.5. The Kier molecular flexibility index (Phi) is 2.51. The predicted octanol–water partition coefficient (Wildman–Crippen LogP) is 0.853. The Bertz CT molecular complexity index is 296. The number of halogens is 1. The zero-order valence-corrected chi connectivity index (χ0v) is 8.17. The standard InChI is InChI=1S/C8H13ClN4/c9-6-2-1-5-13-8(6)11-7(12-13)3-4-10/h6H,1-5,10H2. The van der Waals surface area contributed by atoms with Gasteiger partial charge >= 0.3 is 0 Å². The average Bonchev–Trinajstić information content (AvgIpc) is 2.49. The molecule has 0 saturated carbocycles. The maximum Gasteiger partial charge on any atom is 0.152 e. The number of nitrogens with zero attached hydrogens (tertiary/aromatic N) is 3. The molecule has 0 bridgehead atoms. The van der Waals surface area contributed by atoms with Crippen LogP contribution in [0.1, 0.15) is 29.9 Å². The Morgan fingerprint density at radius 3 is 3.15 bits per heavy atom. The third-order valence-corrected chi connectivity index (χ3v) is 2.63. The van der Waals surface area contributed by atoms with E-state index in [4.69, 9.17) is 17.3 Å². The van der Waals surface area contributed by atoms with E-state index in [1.165, 1.54) is 0 Å². The lowest BCUT2D eigenvalue weighted by Gasteiger charge is -2.15. The second kappa shape index (κ2) is 3.64. The van der Waals surface area contributed by atoms with Crippen LogP contribution < -0.4 is 5.73 Å². The van der Waals surface area contributed by atoms with Gasteiger partial charge in [-0.25, -0.2) is 9.67 Å². The molecule has 1 atom stereocenters. The van der Waals surface area contributed by atoms with E-state index < -0.39 is 0 Å². The molecule has 1 aromatic heterocycles. The highest BCUT2D eigenvalue weighted by atomic mass is 35.5. The van der Waals surface area contributed by atoms with Crippen LogP contribution in [0.3, 0.4) is 0 Å². The minimum atomic E-state index is 0.0350. The molecule has 0 aromatic carbocycles. The van der Waals surface area contributed by atoms with Crippen LogP contribution in [0.2, 0.25) is 0 Å². The highest BCUT2D eigenvalue weighted by molar-refractivity contribution is 6.20. The third kappa shape index (κ3) is 1.69. The van der Waals surface area contributed by atoms with Crippen molar-refractivity contribution < 1.29 is 0 Å². The average molecular weight is 201 g/mol.